The second-order valence-electron chi connectivity index (χ2n) is 6.53. The minimum absolute atomic E-state index is 0.0648. The molecule has 2 aliphatic rings. The van der Waals surface area contributed by atoms with E-state index in [1.807, 2.05) is 0 Å². The number of halogens is 3. The molecular weight excluding hydrogens is 323 g/mol. The van der Waals surface area contributed by atoms with Crippen LogP contribution in [0.25, 0.3) is 0 Å². The Morgan fingerprint density at radius 1 is 1.17 bits per heavy atom. The first kappa shape index (κ1) is 16.8. The zero-order chi connectivity index (χ0) is 17.5. The van der Waals surface area contributed by atoms with Crippen LogP contribution >= 0.6 is 0 Å². The average Bonchev–Trinajstić information content (AvgIpc) is 3.34. The van der Waals surface area contributed by atoms with E-state index in [2.05, 4.69) is 0 Å². The van der Waals surface area contributed by atoms with Crippen LogP contribution in [-0.2, 0) is 15.8 Å². The van der Waals surface area contributed by atoms with Crippen LogP contribution in [0.3, 0.4) is 0 Å². The summed E-state index contributed by atoms with van der Waals surface area (Å²) in [5, 5.41) is 9.08. The molecule has 24 heavy (non-hydrogen) atoms. The summed E-state index contributed by atoms with van der Waals surface area (Å²) >= 11 is 0. The summed E-state index contributed by atoms with van der Waals surface area (Å²) in [6, 6.07) is 4.93. The lowest BCUT2D eigenvalue weighted by Gasteiger charge is -2.31. The molecule has 1 saturated heterocycles. The normalized spacial score (nSPS) is 27.0. The number of hydrogen-bond donors (Lipinski definition) is 1. The van der Waals surface area contributed by atoms with Crippen LogP contribution in [0.2, 0.25) is 0 Å². The SMILES string of the molecule is O=C(O)[C@@H]1CCCN(C(=O)[C@H]2C[C@H]2c2ccc(C(F)(F)F)cc2)C1. The molecule has 130 valence electrons. The molecule has 1 heterocycles. The average molecular weight is 341 g/mol. The third-order valence-corrected chi connectivity index (χ3v) is 4.86. The predicted octanol–water partition coefficient (Wildman–Crippen LogP) is 3.13. The minimum atomic E-state index is -4.36. The van der Waals surface area contributed by atoms with Crippen LogP contribution in [0.5, 0.6) is 0 Å². The van der Waals surface area contributed by atoms with E-state index in [9.17, 15) is 22.8 Å². The summed E-state index contributed by atoms with van der Waals surface area (Å²) in [5.74, 6) is -1.79. The highest BCUT2D eigenvalue weighted by Gasteiger charge is 2.46. The first-order valence-corrected chi connectivity index (χ1v) is 7.96. The fourth-order valence-electron chi connectivity index (χ4n) is 3.37. The van der Waals surface area contributed by atoms with Crippen molar-refractivity contribution < 1.29 is 27.9 Å². The second-order valence-corrected chi connectivity index (χ2v) is 6.53. The molecule has 7 heteroatoms. The summed E-state index contributed by atoms with van der Waals surface area (Å²) in [5.41, 5.74) is 0.0308. The summed E-state index contributed by atoms with van der Waals surface area (Å²) in [6.45, 7) is 0.781. The van der Waals surface area contributed by atoms with Gasteiger partial charge in [-0.3, -0.25) is 9.59 Å². The van der Waals surface area contributed by atoms with Gasteiger partial charge in [0.25, 0.3) is 0 Å². The minimum Gasteiger partial charge on any atom is -0.481 e. The van der Waals surface area contributed by atoms with Gasteiger partial charge in [0.2, 0.25) is 5.91 Å². The highest BCUT2D eigenvalue weighted by Crippen LogP contribution is 2.49. The maximum absolute atomic E-state index is 12.6. The maximum Gasteiger partial charge on any atom is 0.416 e. The highest BCUT2D eigenvalue weighted by atomic mass is 19.4. The van der Waals surface area contributed by atoms with Crippen LogP contribution in [0, 0.1) is 11.8 Å². The molecular formula is C17H18F3NO3. The second kappa shape index (κ2) is 6.11. The Morgan fingerprint density at radius 2 is 1.83 bits per heavy atom. The Labute approximate surface area is 137 Å². The molecule has 2 fully saturated rings. The van der Waals surface area contributed by atoms with Gasteiger partial charge in [-0.15, -0.1) is 0 Å². The molecule has 0 unspecified atom stereocenters. The summed E-state index contributed by atoms with van der Waals surface area (Å²) in [7, 11) is 0. The van der Waals surface area contributed by atoms with Crippen LogP contribution in [0.4, 0.5) is 13.2 Å². The van der Waals surface area contributed by atoms with E-state index in [1.165, 1.54) is 12.1 Å². The molecule has 3 rings (SSSR count). The molecule has 0 spiro atoms. The number of carbonyl (C=O) groups is 2. The van der Waals surface area contributed by atoms with Gasteiger partial charge in [-0.25, -0.2) is 0 Å². The van der Waals surface area contributed by atoms with Crippen molar-refractivity contribution >= 4 is 11.9 Å². The Balaban J connectivity index is 1.62. The van der Waals surface area contributed by atoms with Crippen molar-refractivity contribution in [2.24, 2.45) is 11.8 Å². The first-order chi connectivity index (χ1) is 11.3. The van der Waals surface area contributed by atoms with E-state index in [0.29, 0.717) is 25.8 Å². The number of rotatable bonds is 3. The van der Waals surface area contributed by atoms with E-state index in [1.54, 1.807) is 4.90 Å². The number of aliphatic carboxylic acids is 1. The summed E-state index contributed by atoms with van der Waals surface area (Å²) < 4.78 is 37.7. The van der Waals surface area contributed by atoms with Crippen molar-refractivity contribution in [3.8, 4) is 0 Å². The van der Waals surface area contributed by atoms with Gasteiger partial charge in [0.1, 0.15) is 0 Å². The van der Waals surface area contributed by atoms with Gasteiger partial charge in [-0.2, -0.15) is 13.2 Å². The van der Waals surface area contributed by atoms with E-state index in [-0.39, 0.29) is 24.3 Å². The molecule has 1 aliphatic heterocycles. The molecule has 1 amide bonds. The van der Waals surface area contributed by atoms with Crippen molar-refractivity contribution in [2.75, 3.05) is 13.1 Å². The molecule has 0 bridgehead atoms. The monoisotopic (exact) mass is 341 g/mol. The Hall–Kier alpha value is -2.05. The molecule has 1 saturated carbocycles. The van der Waals surface area contributed by atoms with Crippen LogP contribution < -0.4 is 0 Å². The van der Waals surface area contributed by atoms with E-state index >= 15 is 0 Å². The first-order valence-electron chi connectivity index (χ1n) is 7.96. The van der Waals surface area contributed by atoms with E-state index in [0.717, 1.165) is 17.7 Å². The fraction of sp³-hybridized carbons (Fsp3) is 0.529. The molecule has 0 radical (unpaired) electrons. The summed E-state index contributed by atoms with van der Waals surface area (Å²) in [6.07, 6.45) is -2.51. The number of amides is 1. The Bertz CT molecular complexity index is 641. The maximum atomic E-state index is 12.6. The standard InChI is InChI=1S/C17H18F3NO3/c18-17(19,20)12-5-3-10(4-6-12)13-8-14(13)15(22)21-7-1-2-11(9-21)16(23)24/h3-6,11,13-14H,1-2,7-9H2,(H,23,24)/t11-,13+,14+/m1/s1. The number of carboxylic acids is 1. The highest BCUT2D eigenvalue weighted by molar-refractivity contribution is 5.84. The number of nitrogens with zero attached hydrogens (tertiary/aromatic N) is 1. The molecule has 0 aromatic heterocycles. The van der Waals surface area contributed by atoms with Gasteiger partial charge in [-0.05, 0) is 42.9 Å². The van der Waals surface area contributed by atoms with Gasteiger partial charge in [-0.1, -0.05) is 12.1 Å². The van der Waals surface area contributed by atoms with Crippen LogP contribution in [0.1, 0.15) is 36.3 Å². The Kier molecular flexibility index (Phi) is 4.27. The lowest BCUT2D eigenvalue weighted by molar-refractivity contribution is -0.146. The lowest BCUT2D eigenvalue weighted by Crippen LogP contribution is -2.43. The van der Waals surface area contributed by atoms with E-state index < -0.39 is 23.6 Å². The number of hydrogen-bond acceptors (Lipinski definition) is 2. The number of carboxylic acid groups (broad SMARTS) is 1. The molecule has 1 N–H and O–H groups in total. The van der Waals surface area contributed by atoms with Crippen molar-refractivity contribution in [3.05, 3.63) is 35.4 Å². The number of alkyl halides is 3. The Morgan fingerprint density at radius 3 is 2.42 bits per heavy atom. The quantitative estimate of drug-likeness (QED) is 0.919. The van der Waals surface area contributed by atoms with E-state index in [4.69, 9.17) is 5.11 Å². The smallest absolute Gasteiger partial charge is 0.416 e. The number of likely N-dealkylation sites (tertiary alicyclic amines) is 1. The van der Waals surface area contributed by atoms with Gasteiger partial charge in [0.15, 0.2) is 0 Å². The van der Waals surface area contributed by atoms with Crippen molar-refractivity contribution in [3.63, 3.8) is 0 Å². The zero-order valence-electron chi connectivity index (χ0n) is 12.9. The number of benzene rings is 1. The molecule has 4 nitrogen and oxygen atoms in total. The molecule has 1 aromatic carbocycles. The van der Waals surface area contributed by atoms with Gasteiger partial charge in [0, 0.05) is 19.0 Å². The third-order valence-electron chi connectivity index (χ3n) is 4.86. The van der Waals surface area contributed by atoms with Gasteiger partial charge in [0.05, 0.1) is 11.5 Å². The largest absolute Gasteiger partial charge is 0.481 e. The van der Waals surface area contributed by atoms with Gasteiger partial charge < -0.3 is 10.0 Å². The molecule has 1 aliphatic carbocycles. The van der Waals surface area contributed by atoms with Crippen molar-refractivity contribution in [2.45, 2.75) is 31.4 Å². The molecule has 1 aromatic rings. The number of piperidine rings is 1. The third kappa shape index (κ3) is 3.39. The fourth-order valence-corrected chi connectivity index (χ4v) is 3.37. The van der Waals surface area contributed by atoms with Crippen LogP contribution in [0.15, 0.2) is 24.3 Å². The predicted molar refractivity (Wildman–Crippen MR) is 79.2 cm³/mol. The van der Waals surface area contributed by atoms with Crippen molar-refractivity contribution in [1.29, 1.82) is 0 Å². The molecule has 3 atom stereocenters. The van der Waals surface area contributed by atoms with Gasteiger partial charge >= 0.3 is 12.1 Å². The summed E-state index contributed by atoms with van der Waals surface area (Å²) in [4.78, 5) is 25.2. The van der Waals surface area contributed by atoms with Crippen molar-refractivity contribution in [1.82, 2.24) is 4.90 Å². The van der Waals surface area contributed by atoms with Crippen LogP contribution in [-0.4, -0.2) is 35.0 Å². The topological polar surface area (TPSA) is 57.6 Å². The lowest BCUT2D eigenvalue weighted by atomic mass is 9.97. The number of carbonyl (C=O) groups excluding carboxylic acids is 1. The zero-order valence-corrected chi connectivity index (χ0v) is 12.9.